The maximum Gasteiger partial charge on any atom is 0.273 e. The topological polar surface area (TPSA) is 93.5 Å². The Hall–Kier alpha value is -4.39. The van der Waals surface area contributed by atoms with Crippen molar-refractivity contribution >= 4 is 17.5 Å². The van der Waals surface area contributed by atoms with Crippen molar-refractivity contribution in [2.75, 3.05) is 5.32 Å². The Morgan fingerprint density at radius 2 is 1.70 bits per heavy atom. The summed E-state index contributed by atoms with van der Waals surface area (Å²) in [5.74, 6) is 0.529. The smallest absolute Gasteiger partial charge is 0.273 e. The molecule has 0 aliphatic heterocycles. The Morgan fingerprint density at radius 1 is 0.909 bits per heavy atom. The van der Waals surface area contributed by atoms with Gasteiger partial charge in [-0.1, -0.05) is 53.2 Å². The summed E-state index contributed by atoms with van der Waals surface area (Å²) in [6, 6.07) is 25.6. The van der Waals surface area contributed by atoms with Gasteiger partial charge < -0.3 is 19.9 Å². The molecular weight excluding hydrogens is 418 g/mol. The molecule has 3 aromatic carbocycles. The highest BCUT2D eigenvalue weighted by Gasteiger charge is 2.13. The van der Waals surface area contributed by atoms with Gasteiger partial charge in [0.25, 0.3) is 11.8 Å². The van der Waals surface area contributed by atoms with Crippen LogP contribution in [0, 0.1) is 6.92 Å². The molecule has 2 N–H and O–H groups in total. The van der Waals surface area contributed by atoms with Crippen LogP contribution in [0.5, 0.6) is 5.75 Å². The van der Waals surface area contributed by atoms with Gasteiger partial charge in [-0.25, -0.2) is 0 Å². The minimum Gasteiger partial charge on any atom is -0.486 e. The predicted octanol–water partition coefficient (Wildman–Crippen LogP) is 4.74. The summed E-state index contributed by atoms with van der Waals surface area (Å²) in [5.41, 5.74) is 3.47. The number of rotatable bonds is 8. The number of anilines is 1. The molecule has 7 heteroatoms. The minimum absolute atomic E-state index is 0.119. The number of benzene rings is 3. The number of aromatic nitrogens is 1. The summed E-state index contributed by atoms with van der Waals surface area (Å²) in [5, 5.41) is 9.47. The lowest BCUT2D eigenvalue weighted by Gasteiger charge is -2.08. The fourth-order valence-electron chi connectivity index (χ4n) is 3.14. The standard InChI is InChI=1S/C26H23N3O4/c1-18-6-5-9-20(14-18)25(30)28-21-10-12-22(13-11-21)32-17-23-15-24(29-33-23)26(31)27-16-19-7-3-2-4-8-19/h2-15H,16-17H2,1H3,(H,27,31)(H,28,30). The number of hydrogen-bond donors (Lipinski definition) is 2. The number of carbonyl (C=O) groups excluding carboxylic acids is 2. The van der Waals surface area contributed by atoms with Crippen LogP contribution in [0.15, 0.2) is 89.5 Å². The van der Waals surface area contributed by atoms with Crippen LogP contribution < -0.4 is 15.4 Å². The van der Waals surface area contributed by atoms with Crippen molar-refractivity contribution in [2.24, 2.45) is 0 Å². The zero-order valence-electron chi connectivity index (χ0n) is 18.1. The van der Waals surface area contributed by atoms with E-state index in [0.717, 1.165) is 11.1 Å². The van der Waals surface area contributed by atoms with E-state index in [4.69, 9.17) is 9.26 Å². The molecule has 0 bridgehead atoms. The molecule has 4 aromatic rings. The van der Waals surface area contributed by atoms with Crippen LogP contribution in [-0.4, -0.2) is 17.0 Å². The molecule has 0 aliphatic carbocycles. The molecule has 0 atom stereocenters. The third-order valence-corrected chi connectivity index (χ3v) is 4.86. The summed E-state index contributed by atoms with van der Waals surface area (Å²) in [6.07, 6.45) is 0. The fraction of sp³-hybridized carbons (Fsp3) is 0.115. The lowest BCUT2D eigenvalue weighted by atomic mass is 10.1. The SMILES string of the molecule is Cc1cccc(C(=O)Nc2ccc(OCc3cc(C(=O)NCc4ccccc4)no3)cc2)c1. The van der Waals surface area contributed by atoms with Gasteiger partial charge in [0.2, 0.25) is 0 Å². The van der Waals surface area contributed by atoms with Gasteiger partial charge in [-0.2, -0.15) is 0 Å². The van der Waals surface area contributed by atoms with E-state index in [-0.39, 0.29) is 24.1 Å². The molecule has 1 heterocycles. The maximum absolute atomic E-state index is 12.4. The van der Waals surface area contributed by atoms with Gasteiger partial charge in [-0.3, -0.25) is 9.59 Å². The summed E-state index contributed by atoms with van der Waals surface area (Å²) < 4.78 is 10.9. The summed E-state index contributed by atoms with van der Waals surface area (Å²) >= 11 is 0. The Balaban J connectivity index is 1.27. The third-order valence-electron chi connectivity index (χ3n) is 4.86. The number of carbonyl (C=O) groups is 2. The van der Waals surface area contributed by atoms with Gasteiger partial charge in [-0.15, -0.1) is 0 Å². The van der Waals surface area contributed by atoms with Crippen LogP contribution in [0.25, 0.3) is 0 Å². The van der Waals surface area contributed by atoms with E-state index in [1.54, 1.807) is 36.4 Å². The van der Waals surface area contributed by atoms with Crippen molar-refractivity contribution in [1.29, 1.82) is 0 Å². The lowest BCUT2D eigenvalue weighted by molar-refractivity contribution is 0.0940. The van der Waals surface area contributed by atoms with Gasteiger partial charge in [0.05, 0.1) is 0 Å². The average molecular weight is 441 g/mol. The van der Waals surface area contributed by atoms with Gasteiger partial charge in [0.1, 0.15) is 12.4 Å². The van der Waals surface area contributed by atoms with Crippen LogP contribution in [0.3, 0.4) is 0 Å². The van der Waals surface area contributed by atoms with Crippen molar-refractivity contribution in [3.63, 3.8) is 0 Å². The molecule has 4 rings (SSSR count). The van der Waals surface area contributed by atoms with E-state index < -0.39 is 0 Å². The van der Waals surface area contributed by atoms with Crippen molar-refractivity contribution < 1.29 is 18.8 Å². The van der Waals surface area contributed by atoms with Crippen LogP contribution in [-0.2, 0) is 13.2 Å². The van der Waals surface area contributed by atoms with Crippen molar-refractivity contribution in [3.8, 4) is 5.75 Å². The molecular formula is C26H23N3O4. The van der Waals surface area contributed by atoms with Crippen LogP contribution in [0.4, 0.5) is 5.69 Å². The molecule has 0 saturated carbocycles. The lowest BCUT2D eigenvalue weighted by Crippen LogP contribution is -2.22. The van der Waals surface area contributed by atoms with E-state index in [0.29, 0.717) is 29.3 Å². The molecule has 7 nitrogen and oxygen atoms in total. The van der Waals surface area contributed by atoms with Crippen LogP contribution >= 0.6 is 0 Å². The number of nitrogens with zero attached hydrogens (tertiary/aromatic N) is 1. The van der Waals surface area contributed by atoms with E-state index in [2.05, 4.69) is 15.8 Å². The Kier molecular flexibility index (Phi) is 6.80. The normalized spacial score (nSPS) is 10.5. The highest BCUT2D eigenvalue weighted by molar-refractivity contribution is 6.04. The monoisotopic (exact) mass is 441 g/mol. The highest BCUT2D eigenvalue weighted by atomic mass is 16.5. The number of hydrogen-bond acceptors (Lipinski definition) is 5. The fourth-order valence-corrected chi connectivity index (χ4v) is 3.14. The second-order valence-electron chi connectivity index (χ2n) is 7.48. The minimum atomic E-state index is -0.317. The zero-order valence-corrected chi connectivity index (χ0v) is 18.1. The van der Waals surface area contributed by atoms with Crippen molar-refractivity contribution in [2.45, 2.75) is 20.1 Å². The first-order chi connectivity index (χ1) is 16.1. The first-order valence-corrected chi connectivity index (χ1v) is 10.5. The van der Waals surface area contributed by atoms with E-state index in [1.807, 2.05) is 55.5 Å². The Bertz CT molecular complexity index is 1230. The molecule has 0 radical (unpaired) electrons. The van der Waals surface area contributed by atoms with Crippen molar-refractivity contribution in [3.05, 3.63) is 113 Å². The number of nitrogens with one attached hydrogen (secondary N) is 2. The molecule has 33 heavy (non-hydrogen) atoms. The van der Waals surface area contributed by atoms with E-state index in [1.165, 1.54) is 0 Å². The molecule has 0 spiro atoms. The number of amides is 2. The molecule has 0 saturated heterocycles. The van der Waals surface area contributed by atoms with Gasteiger partial charge in [0, 0.05) is 23.9 Å². The highest BCUT2D eigenvalue weighted by Crippen LogP contribution is 2.18. The first-order valence-electron chi connectivity index (χ1n) is 10.5. The molecule has 166 valence electrons. The van der Waals surface area contributed by atoms with Gasteiger partial charge >= 0.3 is 0 Å². The first kappa shape index (κ1) is 21.8. The summed E-state index contributed by atoms with van der Waals surface area (Å²) in [4.78, 5) is 24.6. The molecule has 0 fully saturated rings. The number of ether oxygens (including phenoxy) is 1. The Morgan fingerprint density at radius 3 is 2.45 bits per heavy atom. The average Bonchev–Trinajstić information content (AvgIpc) is 3.32. The largest absolute Gasteiger partial charge is 0.486 e. The second-order valence-corrected chi connectivity index (χ2v) is 7.48. The van der Waals surface area contributed by atoms with Gasteiger partial charge in [0.15, 0.2) is 11.5 Å². The van der Waals surface area contributed by atoms with Gasteiger partial charge in [-0.05, 0) is 48.9 Å². The Labute approximate surface area is 191 Å². The van der Waals surface area contributed by atoms with Crippen LogP contribution in [0.1, 0.15) is 37.7 Å². The predicted molar refractivity (Wildman–Crippen MR) is 124 cm³/mol. The summed E-state index contributed by atoms with van der Waals surface area (Å²) in [6.45, 7) is 2.47. The molecule has 0 aliphatic rings. The van der Waals surface area contributed by atoms with E-state index >= 15 is 0 Å². The quantitative estimate of drug-likeness (QED) is 0.412. The second kappa shape index (κ2) is 10.3. The third kappa shape index (κ3) is 6.07. The molecule has 0 unspecified atom stereocenters. The van der Waals surface area contributed by atoms with Crippen molar-refractivity contribution in [1.82, 2.24) is 10.5 Å². The maximum atomic E-state index is 12.4. The molecule has 2 amide bonds. The van der Waals surface area contributed by atoms with E-state index in [9.17, 15) is 9.59 Å². The number of aryl methyl sites for hydroxylation is 1. The zero-order chi connectivity index (χ0) is 23.0. The van der Waals surface area contributed by atoms with Crippen LogP contribution in [0.2, 0.25) is 0 Å². The molecule has 1 aromatic heterocycles. The summed E-state index contributed by atoms with van der Waals surface area (Å²) in [7, 11) is 0.